The number of H-pyrrole nitrogens is 1. The van der Waals surface area contributed by atoms with Crippen molar-refractivity contribution < 1.29 is 4.79 Å². The standard InChI is InChI=1S/C23H18ClN5O.ClH/c24-18-6-1-2-7-20(18)28-23(30)27-19-8-3-9-21-17(19)10-12-29(21)14-15-13-26-22-16(15)5-4-11-25-22;/h1-13H,14H2,(H,25,26)(H2,27,28,30);1H. The molecule has 0 radical (unpaired) electrons. The molecule has 3 aromatic heterocycles. The van der Waals surface area contributed by atoms with Crippen LogP contribution in [0.15, 0.2) is 79.3 Å². The molecule has 2 amide bonds. The van der Waals surface area contributed by atoms with Crippen LogP contribution in [0.5, 0.6) is 0 Å². The number of aromatic amines is 1. The smallest absolute Gasteiger partial charge is 0.323 e. The van der Waals surface area contributed by atoms with E-state index in [1.54, 1.807) is 18.3 Å². The lowest BCUT2D eigenvalue weighted by atomic mass is 10.2. The highest BCUT2D eigenvalue weighted by Gasteiger charge is 2.11. The zero-order chi connectivity index (χ0) is 20.5. The number of benzene rings is 2. The number of hydrogen-bond donors (Lipinski definition) is 3. The molecular formula is C23H19Cl2N5O. The minimum Gasteiger partial charge on any atom is -0.346 e. The number of hydrogen-bond acceptors (Lipinski definition) is 2. The fourth-order valence-corrected chi connectivity index (χ4v) is 3.82. The average molecular weight is 452 g/mol. The highest BCUT2D eigenvalue weighted by atomic mass is 35.5. The van der Waals surface area contributed by atoms with Crippen LogP contribution >= 0.6 is 24.0 Å². The van der Waals surface area contributed by atoms with Crippen molar-refractivity contribution in [1.82, 2.24) is 14.5 Å². The third-order valence-electron chi connectivity index (χ3n) is 5.06. The minimum atomic E-state index is -0.342. The van der Waals surface area contributed by atoms with Gasteiger partial charge in [0.2, 0.25) is 0 Å². The lowest BCUT2D eigenvalue weighted by molar-refractivity contribution is 0.262. The maximum atomic E-state index is 12.5. The molecular weight excluding hydrogens is 433 g/mol. The number of carbonyl (C=O) groups excluding carboxylic acids is 1. The molecule has 0 saturated heterocycles. The van der Waals surface area contributed by atoms with Crippen LogP contribution in [-0.4, -0.2) is 20.6 Å². The van der Waals surface area contributed by atoms with Gasteiger partial charge >= 0.3 is 6.03 Å². The molecule has 5 aromatic rings. The number of anilines is 2. The second kappa shape index (κ2) is 8.71. The Kier molecular flexibility index (Phi) is 5.84. The van der Waals surface area contributed by atoms with E-state index in [-0.39, 0.29) is 18.4 Å². The molecule has 2 aromatic carbocycles. The van der Waals surface area contributed by atoms with Crippen molar-refractivity contribution in [2.45, 2.75) is 6.54 Å². The maximum absolute atomic E-state index is 12.5. The van der Waals surface area contributed by atoms with Crippen molar-refractivity contribution in [1.29, 1.82) is 0 Å². The normalized spacial score (nSPS) is 10.7. The van der Waals surface area contributed by atoms with Gasteiger partial charge in [-0.25, -0.2) is 9.78 Å². The van der Waals surface area contributed by atoms with Gasteiger partial charge < -0.3 is 20.2 Å². The van der Waals surface area contributed by atoms with Gasteiger partial charge in [0.15, 0.2) is 0 Å². The molecule has 0 fully saturated rings. The van der Waals surface area contributed by atoms with Gasteiger partial charge in [-0.1, -0.05) is 29.8 Å². The summed E-state index contributed by atoms with van der Waals surface area (Å²) in [7, 11) is 0. The van der Waals surface area contributed by atoms with E-state index in [1.165, 1.54) is 0 Å². The van der Waals surface area contributed by atoms with Gasteiger partial charge in [-0.2, -0.15) is 0 Å². The summed E-state index contributed by atoms with van der Waals surface area (Å²) in [5.41, 5.74) is 4.36. The second-order valence-corrected chi connectivity index (χ2v) is 7.36. The van der Waals surface area contributed by atoms with Gasteiger partial charge in [0, 0.05) is 35.9 Å². The summed E-state index contributed by atoms with van der Waals surface area (Å²) < 4.78 is 2.15. The number of fused-ring (bicyclic) bond motifs is 2. The molecule has 3 N–H and O–H groups in total. The first-order chi connectivity index (χ1) is 14.7. The summed E-state index contributed by atoms with van der Waals surface area (Å²) in [5, 5.41) is 8.27. The number of aromatic nitrogens is 3. The van der Waals surface area contributed by atoms with Crippen LogP contribution in [0.4, 0.5) is 16.2 Å². The molecule has 0 spiro atoms. The van der Waals surface area contributed by atoms with Gasteiger partial charge in [-0.3, -0.25) is 0 Å². The molecule has 8 heteroatoms. The first kappa shape index (κ1) is 20.8. The van der Waals surface area contributed by atoms with Gasteiger partial charge in [0.1, 0.15) is 5.65 Å². The molecule has 0 saturated carbocycles. The van der Waals surface area contributed by atoms with Crippen molar-refractivity contribution in [2.24, 2.45) is 0 Å². The lowest BCUT2D eigenvalue weighted by Crippen LogP contribution is -2.19. The number of pyridine rings is 1. The monoisotopic (exact) mass is 451 g/mol. The molecule has 0 aliphatic carbocycles. The Morgan fingerprint density at radius 1 is 0.968 bits per heavy atom. The summed E-state index contributed by atoms with van der Waals surface area (Å²) in [4.78, 5) is 20.1. The number of rotatable bonds is 4. The lowest BCUT2D eigenvalue weighted by Gasteiger charge is -2.10. The molecule has 0 aliphatic rings. The van der Waals surface area contributed by atoms with Gasteiger partial charge in [-0.15, -0.1) is 12.4 Å². The van der Waals surface area contributed by atoms with Crippen LogP contribution in [0.1, 0.15) is 5.56 Å². The number of carbonyl (C=O) groups is 1. The predicted octanol–water partition coefficient (Wildman–Crippen LogP) is 6.29. The molecule has 0 atom stereocenters. The van der Waals surface area contributed by atoms with Crippen LogP contribution < -0.4 is 10.6 Å². The molecule has 31 heavy (non-hydrogen) atoms. The van der Waals surface area contributed by atoms with Crippen LogP contribution in [0, 0.1) is 0 Å². The first-order valence-corrected chi connectivity index (χ1v) is 9.88. The Balaban J connectivity index is 0.00000231. The zero-order valence-corrected chi connectivity index (χ0v) is 17.9. The Morgan fingerprint density at radius 3 is 2.65 bits per heavy atom. The molecule has 6 nitrogen and oxygen atoms in total. The topological polar surface area (TPSA) is 74.7 Å². The third-order valence-corrected chi connectivity index (χ3v) is 5.39. The van der Waals surface area contributed by atoms with Gasteiger partial charge in [0.05, 0.1) is 21.9 Å². The highest BCUT2D eigenvalue weighted by molar-refractivity contribution is 6.33. The van der Waals surface area contributed by atoms with E-state index >= 15 is 0 Å². The molecule has 0 aliphatic heterocycles. The van der Waals surface area contributed by atoms with Crippen molar-refractivity contribution >= 4 is 63.4 Å². The average Bonchev–Trinajstić information content (AvgIpc) is 3.35. The Bertz CT molecular complexity index is 1370. The molecule has 0 bridgehead atoms. The van der Waals surface area contributed by atoms with E-state index in [1.807, 2.05) is 54.9 Å². The molecule has 5 rings (SSSR count). The Hall–Kier alpha value is -3.48. The van der Waals surface area contributed by atoms with E-state index in [4.69, 9.17) is 11.6 Å². The number of urea groups is 1. The van der Waals surface area contributed by atoms with Crippen LogP contribution in [-0.2, 0) is 6.54 Å². The summed E-state index contributed by atoms with van der Waals surface area (Å²) in [6, 6.07) is 18.7. The third kappa shape index (κ3) is 4.08. The largest absolute Gasteiger partial charge is 0.346 e. The second-order valence-electron chi connectivity index (χ2n) is 6.95. The molecule has 0 unspecified atom stereocenters. The fourth-order valence-electron chi connectivity index (χ4n) is 3.64. The van der Waals surface area contributed by atoms with E-state index < -0.39 is 0 Å². The maximum Gasteiger partial charge on any atom is 0.323 e. The van der Waals surface area contributed by atoms with E-state index in [2.05, 4.69) is 31.2 Å². The summed E-state index contributed by atoms with van der Waals surface area (Å²) in [5.74, 6) is 0. The minimum absolute atomic E-state index is 0. The van der Waals surface area contributed by atoms with Gasteiger partial charge in [-0.05, 0) is 48.0 Å². The number of halogens is 2. The Labute approximate surface area is 189 Å². The van der Waals surface area contributed by atoms with Crippen molar-refractivity contribution in [3.8, 4) is 0 Å². The van der Waals surface area contributed by atoms with Gasteiger partial charge in [0.25, 0.3) is 0 Å². The van der Waals surface area contributed by atoms with Crippen molar-refractivity contribution in [3.63, 3.8) is 0 Å². The highest BCUT2D eigenvalue weighted by Crippen LogP contribution is 2.27. The number of nitrogens with one attached hydrogen (secondary N) is 3. The summed E-state index contributed by atoms with van der Waals surface area (Å²) >= 11 is 6.13. The zero-order valence-electron chi connectivity index (χ0n) is 16.3. The fraction of sp³-hybridized carbons (Fsp3) is 0.0435. The van der Waals surface area contributed by atoms with Crippen molar-refractivity contribution in [3.05, 3.63) is 89.8 Å². The van der Waals surface area contributed by atoms with Crippen LogP contribution in [0.2, 0.25) is 5.02 Å². The number of amides is 2. The summed E-state index contributed by atoms with van der Waals surface area (Å²) in [6.45, 7) is 0.699. The van der Waals surface area contributed by atoms with Crippen LogP contribution in [0.25, 0.3) is 21.9 Å². The van der Waals surface area contributed by atoms with Crippen molar-refractivity contribution in [2.75, 3.05) is 10.6 Å². The number of nitrogens with zero attached hydrogens (tertiary/aromatic N) is 2. The quantitative estimate of drug-likeness (QED) is 0.300. The molecule has 156 valence electrons. The van der Waals surface area contributed by atoms with E-state index in [0.717, 1.165) is 33.2 Å². The predicted molar refractivity (Wildman–Crippen MR) is 128 cm³/mol. The molecule has 3 heterocycles. The van der Waals surface area contributed by atoms with Crippen LogP contribution in [0.3, 0.4) is 0 Å². The summed E-state index contributed by atoms with van der Waals surface area (Å²) in [6.07, 6.45) is 5.79. The number of para-hydroxylation sites is 1. The first-order valence-electron chi connectivity index (χ1n) is 9.50. The van der Waals surface area contributed by atoms with E-state index in [9.17, 15) is 4.79 Å². The Morgan fingerprint density at radius 2 is 1.77 bits per heavy atom. The SMILES string of the molecule is Cl.O=C(Nc1ccccc1Cl)Nc1cccc2c1ccn2Cc1c[nH]c2ncccc12. The van der Waals surface area contributed by atoms with E-state index in [0.29, 0.717) is 17.3 Å².